The minimum atomic E-state index is 0.403. The lowest BCUT2D eigenvalue weighted by Crippen LogP contribution is -2.30. The summed E-state index contributed by atoms with van der Waals surface area (Å²) in [6, 6.07) is 24.9. The maximum Gasteiger partial charge on any atom is 0.127 e. The van der Waals surface area contributed by atoms with Crippen molar-refractivity contribution >= 4 is 0 Å². The highest BCUT2D eigenvalue weighted by molar-refractivity contribution is 5.45. The van der Waals surface area contributed by atoms with Crippen LogP contribution in [0.2, 0.25) is 0 Å². The fourth-order valence-corrected chi connectivity index (χ4v) is 3.64. The van der Waals surface area contributed by atoms with E-state index in [4.69, 9.17) is 9.47 Å². The number of benzene rings is 3. The highest BCUT2D eigenvalue weighted by Crippen LogP contribution is 2.35. The Labute approximate surface area is 154 Å². The SMILES string of the molecule is COc1ccc(Oc2ccc3c(c2)CN(C)CC3c2ccccc2)cc1. The topological polar surface area (TPSA) is 21.7 Å². The second kappa shape index (κ2) is 7.22. The predicted octanol–water partition coefficient (Wildman–Crippen LogP) is 5.06. The van der Waals surface area contributed by atoms with Gasteiger partial charge < -0.3 is 14.4 Å². The van der Waals surface area contributed by atoms with E-state index in [1.54, 1.807) is 7.11 Å². The first-order chi connectivity index (χ1) is 12.7. The van der Waals surface area contributed by atoms with E-state index in [1.807, 2.05) is 24.3 Å². The van der Waals surface area contributed by atoms with Gasteiger partial charge in [0.05, 0.1) is 7.11 Å². The Morgan fingerprint density at radius 1 is 0.846 bits per heavy atom. The van der Waals surface area contributed by atoms with E-state index in [0.29, 0.717) is 5.92 Å². The highest BCUT2D eigenvalue weighted by atomic mass is 16.5. The molecule has 26 heavy (non-hydrogen) atoms. The first-order valence-corrected chi connectivity index (χ1v) is 8.91. The minimum Gasteiger partial charge on any atom is -0.497 e. The molecule has 1 aliphatic rings. The molecular weight excluding hydrogens is 322 g/mol. The predicted molar refractivity (Wildman–Crippen MR) is 104 cm³/mol. The Morgan fingerprint density at radius 3 is 2.27 bits per heavy atom. The normalized spacial score (nSPS) is 16.8. The largest absolute Gasteiger partial charge is 0.497 e. The van der Waals surface area contributed by atoms with Gasteiger partial charge in [0.1, 0.15) is 17.2 Å². The van der Waals surface area contributed by atoms with Crippen molar-refractivity contribution in [3.8, 4) is 17.2 Å². The number of hydrogen-bond acceptors (Lipinski definition) is 3. The Kier molecular flexibility index (Phi) is 4.63. The van der Waals surface area contributed by atoms with Gasteiger partial charge in [-0.15, -0.1) is 0 Å². The number of ether oxygens (including phenoxy) is 2. The summed E-state index contributed by atoms with van der Waals surface area (Å²) in [5.74, 6) is 2.92. The molecule has 0 fully saturated rings. The van der Waals surface area contributed by atoms with Crippen molar-refractivity contribution in [2.75, 3.05) is 20.7 Å². The second-order valence-corrected chi connectivity index (χ2v) is 6.80. The molecule has 1 atom stereocenters. The van der Waals surface area contributed by atoms with Gasteiger partial charge in [0.15, 0.2) is 0 Å². The van der Waals surface area contributed by atoms with E-state index in [2.05, 4.69) is 60.5 Å². The van der Waals surface area contributed by atoms with Gasteiger partial charge in [-0.25, -0.2) is 0 Å². The number of nitrogens with zero attached hydrogens (tertiary/aromatic N) is 1. The van der Waals surface area contributed by atoms with Gasteiger partial charge in [0.25, 0.3) is 0 Å². The summed E-state index contributed by atoms with van der Waals surface area (Å²) in [5.41, 5.74) is 4.10. The van der Waals surface area contributed by atoms with Gasteiger partial charge in [-0.1, -0.05) is 36.4 Å². The van der Waals surface area contributed by atoms with Crippen LogP contribution >= 0.6 is 0 Å². The fourth-order valence-electron chi connectivity index (χ4n) is 3.64. The first-order valence-electron chi connectivity index (χ1n) is 8.91. The Morgan fingerprint density at radius 2 is 1.54 bits per heavy atom. The number of rotatable bonds is 4. The van der Waals surface area contributed by atoms with Crippen molar-refractivity contribution in [2.45, 2.75) is 12.5 Å². The number of fused-ring (bicyclic) bond motifs is 1. The van der Waals surface area contributed by atoms with E-state index in [1.165, 1.54) is 16.7 Å². The molecule has 0 bridgehead atoms. The smallest absolute Gasteiger partial charge is 0.127 e. The molecule has 3 nitrogen and oxygen atoms in total. The molecule has 0 spiro atoms. The standard InChI is InChI=1S/C23H23NO2/c1-24-15-18-14-21(26-20-10-8-19(25-2)9-11-20)12-13-22(18)23(16-24)17-6-4-3-5-7-17/h3-14,23H,15-16H2,1-2H3. The minimum absolute atomic E-state index is 0.403. The maximum atomic E-state index is 6.05. The van der Waals surface area contributed by atoms with Crippen LogP contribution in [-0.2, 0) is 6.54 Å². The van der Waals surface area contributed by atoms with Crippen LogP contribution in [0.1, 0.15) is 22.6 Å². The van der Waals surface area contributed by atoms with Gasteiger partial charge in [-0.2, -0.15) is 0 Å². The Hall–Kier alpha value is -2.78. The van der Waals surface area contributed by atoms with Crippen LogP contribution in [0.3, 0.4) is 0 Å². The molecule has 0 amide bonds. The van der Waals surface area contributed by atoms with Crippen LogP contribution in [0.25, 0.3) is 0 Å². The molecule has 3 aromatic carbocycles. The molecule has 0 aromatic heterocycles. The third kappa shape index (κ3) is 3.44. The summed E-state index contributed by atoms with van der Waals surface area (Å²) >= 11 is 0. The quantitative estimate of drug-likeness (QED) is 0.659. The number of likely N-dealkylation sites (N-methyl/N-ethyl adjacent to an activating group) is 1. The molecule has 0 saturated heterocycles. The molecule has 3 heteroatoms. The Balaban J connectivity index is 1.62. The molecule has 0 saturated carbocycles. The molecule has 1 unspecified atom stereocenters. The van der Waals surface area contributed by atoms with Crippen LogP contribution in [0, 0.1) is 0 Å². The van der Waals surface area contributed by atoms with E-state index in [0.717, 1.165) is 30.3 Å². The van der Waals surface area contributed by atoms with Crippen LogP contribution in [0.4, 0.5) is 0 Å². The van der Waals surface area contributed by atoms with Gasteiger partial charge in [-0.05, 0) is 60.1 Å². The fraction of sp³-hybridized carbons (Fsp3) is 0.217. The van der Waals surface area contributed by atoms with Crippen LogP contribution in [0.5, 0.6) is 17.2 Å². The molecule has 4 rings (SSSR count). The van der Waals surface area contributed by atoms with Gasteiger partial charge in [0.2, 0.25) is 0 Å². The zero-order chi connectivity index (χ0) is 17.9. The molecule has 1 heterocycles. The van der Waals surface area contributed by atoms with Gasteiger partial charge in [-0.3, -0.25) is 0 Å². The van der Waals surface area contributed by atoms with E-state index >= 15 is 0 Å². The molecule has 0 radical (unpaired) electrons. The van der Waals surface area contributed by atoms with Crippen LogP contribution in [0.15, 0.2) is 72.8 Å². The average Bonchev–Trinajstić information content (AvgIpc) is 2.68. The first kappa shape index (κ1) is 16.7. The molecule has 3 aromatic rings. The summed E-state index contributed by atoms with van der Waals surface area (Å²) in [6.07, 6.45) is 0. The summed E-state index contributed by atoms with van der Waals surface area (Å²) in [6.45, 7) is 1.98. The lowest BCUT2D eigenvalue weighted by molar-refractivity contribution is 0.294. The molecule has 0 aliphatic carbocycles. The summed E-state index contributed by atoms with van der Waals surface area (Å²) in [7, 11) is 3.84. The lowest BCUT2D eigenvalue weighted by Gasteiger charge is -2.33. The van der Waals surface area contributed by atoms with Gasteiger partial charge >= 0.3 is 0 Å². The lowest BCUT2D eigenvalue weighted by atomic mass is 9.85. The zero-order valence-corrected chi connectivity index (χ0v) is 15.2. The van der Waals surface area contributed by atoms with Crippen molar-refractivity contribution in [2.24, 2.45) is 0 Å². The third-order valence-electron chi connectivity index (χ3n) is 4.92. The van der Waals surface area contributed by atoms with Crippen molar-refractivity contribution in [3.05, 3.63) is 89.5 Å². The van der Waals surface area contributed by atoms with E-state index < -0.39 is 0 Å². The van der Waals surface area contributed by atoms with Crippen molar-refractivity contribution in [1.82, 2.24) is 4.90 Å². The molecule has 0 N–H and O–H groups in total. The average molecular weight is 345 g/mol. The maximum absolute atomic E-state index is 6.05. The third-order valence-corrected chi connectivity index (χ3v) is 4.92. The second-order valence-electron chi connectivity index (χ2n) is 6.80. The monoisotopic (exact) mass is 345 g/mol. The number of hydrogen-bond donors (Lipinski definition) is 0. The van der Waals surface area contributed by atoms with Crippen molar-refractivity contribution in [3.63, 3.8) is 0 Å². The highest BCUT2D eigenvalue weighted by Gasteiger charge is 2.25. The number of methoxy groups -OCH3 is 1. The van der Waals surface area contributed by atoms with Crippen LogP contribution in [-0.4, -0.2) is 25.6 Å². The molecule has 132 valence electrons. The summed E-state index contributed by atoms with van der Waals surface area (Å²) in [4.78, 5) is 2.37. The summed E-state index contributed by atoms with van der Waals surface area (Å²) < 4.78 is 11.2. The summed E-state index contributed by atoms with van der Waals surface area (Å²) in [5, 5.41) is 0. The Bertz CT molecular complexity index is 874. The van der Waals surface area contributed by atoms with Gasteiger partial charge in [0, 0.05) is 19.0 Å². The van der Waals surface area contributed by atoms with Crippen LogP contribution < -0.4 is 9.47 Å². The van der Waals surface area contributed by atoms with Crippen molar-refractivity contribution in [1.29, 1.82) is 0 Å². The molecule has 1 aliphatic heterocycles. The van der Waals surface area contributed by atoms with E-state index in [-0.39, 0.29) is 0 Å². The van der Waals surface area contributed by atoms with Crippen molar-refractivity contribution < 1.29 is 9.47 Å². The zero-order valence-electron chi connectivity index (χ0n) is 15.2. The molecular formula is C23H23NO2. The van der Waals surface area contributed by atoms with E-state index in [9.17, 15) is 0 Å².